The van der Waals surface area contributed by atoms with Crippen LogP contribution in [0.4, 0.5) is 23.8 Å². The van der Waals surface area contributed by atoms with Crippen molar-refractivity contribution in [3.8, 4) is 11.1 Å². The van der Waals surface area contributed by atoms with Crippen molar-refractivity contribution < 1.29 is 23.1 Å². The number of amides is 2. The number of halogens is 3. The van der Waals surface area contributed by atoms with E-state index in [9.17, 15) is 18.0 Å². The zero-order valence-corrected chi connectivity index (χ0v) is 15.2. The highest BCUT2D eigenvalue weighted by molar-refractivity contribution is 5.89. The highest BCUT2D eigenvalue weighted by Gasteiger charge is 2.39. The maximum atomic E-state index is 12.4. The average molecular weight is 398 g/mol. The molecule has 0 bridgehead atoms. The van der Waals surface area contributed by atoms with Crippen LogP contribution >= 0.6 is 0 Å². The number of alkyl halides is 3. The summed E-state index contributed by atoms with van der Waals surface area (Å²) in [4.78, 5) is 19.5. The van der Waals surface area contributed by atoms with Crippen molar-refractivity contribution in [3.63, 3.8) is 0 Å². The molecule has 1 unspecified atom stereocenters. The number of aliphatic hydroxyl groups excluding tert-OH is 1. The lowest BCUT2D eigenvalue weighted by Gasteiger charge is -2.35. The molecule has 2 amide bonds. The number of carbonyl (C=O) groups is 1. The van der Waals surface area contributed by atoms with E-state index in [-0.39, 0.29) is 32.2 Å². The van der Waals surface area contributed by atoms with E-state index in [1.807, 2.05) is 6.20 Å². The molecule has 152 valence electrons. The van der Waals surface area contributed by atoms with Gasteiger partial charge in [0.15, 0.2) is 6.10 Å². The molecule has 11 heteroatoms. The summed E-state index contributed by atoms with van der Waals surface area (Å²) < 4.78 is 39.0. The molecule has 3 heterocycles. The number of hydrogen-bond acceptors (Lipinski definition) is 5. The van der Waals surface area contributed by atoms with Crippen LogP contribution in [0.25, 0.3) is 11.1 Å². The van der Waals surface area contributed by atoms with Gasteiger partial charge in [-0.3, -0.25) is 14.9 Å². The lowest BCUT2D eigenvalue weighted by Crippen LogP contribution is -2.53. The Morgan fingerprint density at radius 1 is 1.29 bits per heavy atom. The van der Waals surface area contributed by atoms with Gasteiger partial charge in [0.2, 0.25) is 0 Å². The number of rotatable bonds is 4. The Hall–Kier alpha value is -2.66. The zero-order valence-electron chi connectivity index (χ0n) is 15.2. The van der Waals surface area contributed by atoms with E-state index in [0.717, 1.165) is 11.1 Å². The number of carbonyl (C=O) groups excluding carboxylic acids is 1. The Bertz CT molecular complexity index is 817. The van der Waals surface area contributed by atoms with E-state index in [1.165, 1.54) is 9.80 Å². The molecule has 0 aliphatic carbocycles. The van der Waals surface area contributed by atoms with Gasteiger partial charge in [0, 0.05) is 57.7 Å². The molecule has 8 nitrogen and oxygen atoms in total. The summed E-state index contributed by atoms with van der Waals surface area (Å²) in [7, 11) is 1.81. The summed E-state index contributed by atoms with van der Waals surface area (Å²) in [6.45, 7) is 0.540. The van der Waals surface area contributed by atoms with Gasteiger partial charge in [0.05, 0.1) is 6.20 Å². The third-order valence-electron chi connectivity index (χ3n) is 4.50. The van der Waals surface area contributed by atoms with E-state index in [0.29, 0.717) is 5.82 Å². The van der Waals surface area contributed by atoms with E-state index < -0.39 is 18.8 Å². The fourth-order valence-electron chi connectivity index (χ4n) is 2.92. The van der Waals surface area contributed by atoms with Gasteiger partial charge in [-0.2, -0.15) is 18.3 Å². The number of β-amino-alcohol motifs (C(OH)–C–C–N with tert-alkyl or cyclic N) is 1. The minimum atomic E-state index is -4.64. The van der Waals surface area contributed by atoms with Gasteiger partial charge in [-0.1, -0.05) is 0 Å². The molecule has 28 heavy (non-hydrogen) atoms. The summed E-state index contributed by atoms with van der Waals surface area (Å²) in [5.74, 6) is 0.376. The second kappa shape index (κ2) is 8.15. The Morgan fingerprint density at radius 2 is 2.00 bits per heavy atom. The summed E-state index contributed by atoms with van der Waals surface area (Å²) in [6.07, 6.45) is -1.90. The number of anilines is 1. The first kappa shape index (κ1) is 20.1. The van der Waals surface area contributed by atoms with Crippen LogP contribution in [-0.2, 0) is 7.05 Å². The molecule has 2 aromatic heterocycles. The molecule has 1 fully saturated rings. The summed E-state index contributed by atoms with van der Waals surface area (Å²) in [5.41, 5.74) is 1.74. The lowest BCUT2D eigenvalue weighted by molar-refractivity contribution is -0.208. The highest BCUT2D eigenvalue weighted by Crippen LogP contribution is 2.22. The second-order valence-electron chi connectivity index (χ2n) is 6.61. The summed E-state index contributed by atoms with van der Waals surface area (Å²) >= 11 is 0. The molecule has 0 spiro atoms. The molecule has 2 aromatic rings. The molecule has 1 aliphatic heterocycles. The van der Waals surface area contributed by atoms with Crippen molar-refractivity contribution in [2.75, 3.05) is 38.0 Å². The van der Waals surface area contributed by atoms with Crippen LogP contribution in [0.15, 0.2) is 30.7 Å². The van der Waals surface area contributed by atoms with Crippen LogP contribution in [-0.4, -0.2) is 80.7 Å². The molecule has 0 radical (unpaired) electrons. The van der Waals surface area contributed by atoms with Crippen LogP contribution in [0.5, 0.6) is 0 Å². The predicted octanol–water partition coefficient (Wildman–Crippen LogP) is 1.55. The Kier molecular flexibility index (Phi) is 5.84. The van der Waals surface area contributed by atoms with E-state index in [4.69, 9.17) is 5.11 Å². The lowest BCUT2D eigenvalue weighted by atomic mass is 10.1. The van der Waals surface area contributed by atoms with Gasteiger partial charge >= 0.3 is 12.2 Å². The third-order valence-corrected chi connectivity index (χ3v) is 4.50. The third kappa shape index (κ3) is 4.98. The maximum absolute atomic E-state index is 12.4. The molecule has 3 rings (SSSR count). The number of aryl methyl sites for hydroxylation is 1. The molecule has 1 atom stereocenters. The van der Waals surface area contributed by atoms with Crippen molar-refractivity contribution in [3.05, 3.63) is 30.7 Å². The number of aromatic nitrogens is 3. The van der Waals surface area contributed by atoms with Crippen LogP contribution in [0.1, 0.15) is 0 Å². The predicted molar refractivity (Wildman–Crippen MR) is 95.5 cm³/mol. The number of pyridine rings is 1. The second-order valence-corrected chi connectivity index (χ2v) is 6.61. The van der Waals surface area contributed by atoms with Crippen LogP contribution in [0.2, 0.25) is 0 Å². The Labute approximate surface area is 159 Å². The molecule has 1 aliphatic rings. The van der Waals surface area contributed by atoms with Gasteiger partial charge in [-0.25, -0.2) is 9.78 Å². The van der Waals surface area contributed by atoms with Crippen molar-refractivity contribution in [2.45, 2.75) is 12.3 Å². The first-order valence-electron chi connectivity index (χ1n) is 8.70. The van der Waals surface area contributed by atoms with E-state index >= 15 is 0 Å². The first-order chi connectivity index (χ1) is 13.2. The fraction of sp³-hybridized carbons (Fsp3) is 0.471. The molecular formula is C17H21F3N6O2. The van der Waals surface area contributed by atoms with Gasteiger partial charge in [-0.15, -0.1) is 0 Å². The van der Waals surface area contributed by atoms with Gasteiger partial charge < -0.3 is 10.0 Å². The minimum absolute atomic E-state index is 0.254. The number of aliphatic hydroxyl groups is 1. The quantitative estimate of drug-likeness (QED) is 0.816. The number of urea groups is 1. The maximum Gasteiger partial charge on any atom is 0.415 e. The van der Waals surface area contributed by atoms with Gasteiger partial charge in [0.25, 0.3) is 0 Å². The topological polar surface area (TPSA) is 86.5 Å². The average Bonchev–Trinajstić information content (AvgIpc) is 3.08. The summed E-state index contributed by atoms with van der Waals surface area (Å²) in [5, 5.41) is 16.0. The van der Waals surface area contributed by atoms with Crippen molar-refractivity contribution >= 4 is 11.8 Å². The minimum Gasteiger partial charge on any atom is -0.382 e. The molecule has 1 saturated heterocycles. The van der Waals surface area contributed by atoms with Gasteiger partial charge in [-0.05, 0) is 17.7 Å². The molecule has 0 aromatic carbocycles. The number of hydrogen-bond donors (Lipinski definition) is 2. The smallest absolute Gasteiger partial charge is 0.382 e. The van der Waals surface area contributed by atoms with Crippen LogP contribution in [0.3, 0.4) is 0 Å². The number of nitrogens with one attached hydrogen (secondary N) is 1. The van der Waals surface area contributed by atoms with E-state index in [2.05, 4.69) is 15.4 Å². The van der Waals surface area contributed by atoms with Crippen LogP contribution < -0.4 is 5.32 Å². The zero-order chi connectivity index (χ0) is 20.3. The van der Waals surface area contributed by atoms with Crippen molar-refractivity contribution in [2.24, 2.45) is 7.05 Å². The van der Waals surface area contributed by atoms with E-state index in [1.54, 1.807) is 36.3 Å². The Balaban J connectivity index is 1.54. The largest absolute Gasteiger partial charge is 0.415 e. The monoisotopic (exact) mass is 398 g/mol. The standard InChI is InChI=1S/C17H21F3N6O2/c1-24-10-13(9-22-24)12-2-3-21-15(8-12)23-16(28)26-6-4-25(5-7-26)11-14(27)17(18,19)20/h2-3,8-10,14,27H,4-7,11H2,1H3,(H,21,23,28). The fourth-order valence-corrected chi connectivity index (χ4v) is 2.92. The van der Waals surface area contributed by atoms with Crippen molar-refractivity contribution in [1.29, 1.82) is 0 Å². The summed E-state index contributed by atoms with van der Waals surface area (Å²) in [6, 6.07) is 3.16. The first-order valence-corrected chi connectivity index (χ1v) is 8.70. The molecule has 2 N–H and O–H groups in total. The highest BCUT2D eigenvalue weighted by atomic mass is 19.4. The number of piperazine rings is 1. The normalized spacial score (nSPS) is 16.8. The molecular weight excluding hydrogens is 377 g/mol. The van der Waals surface area contributed by atoms with Crippen LogP contribution in [0, 0.1) is 0 Å². The molecule has 0 saturated carbocycles. The number of nitrogens with zero attached hydrogens (tertiary/aromatic N) is 5. The van der Waals surface area contributed by atoms with Crippen molar-refractivity contribution in [1.82, 2.24) is 24.6 Å². The SMILES string of the molecule is Cn1cc(-c2ccnc(NC(=O)N3CCN(CC(O)C(F)(F)F)CC3)c2)cn1. The Morgan fingerprint density at radius 3 is 2.61 bits per heavy atom. The van der Waals surface area contributed by atoms with Gasteiger partial charge in [0.1, 0.15) is 5.82 Å².